The van der Waals surface area contributed by atoms with Crippen LogP contribution in [-0.2, 0) is 0 Å². The van der Waals surface area contributed by atoms with E-state index in [1.54, 1.807) is 0 Å². The molecule has 1 aliphatic carbocycles. The minimum absolute atomic E-state index is 0.304. The largest absolute Gasteiger partial charge is 0.310 e. The van der Waals surface area contributed by atoms with Gasteiger partial charge in [-0.1, -0.05) is 237 Å². The van der Waals surface area contributed by atoms with Crippen LogP contribution in [0.5, 0.6) is 0 Å². The molecule has 17 rings (SSSR count). The third-order valence-corrected chi connectivity index (χ3v) is 20.8. The number of fused-ring (bicyclic) bond motifs is 4. The fourth-order valence-corrected chi connectivity index (χ4v) is 16.6. The summed E-state index contributed by atoms with van der Waals surface area (Å²) >= 11 is 3.76. The summed E-state index contributed by atoms with van der Waals surface area (Å²) in [5.74, 6) is 0.304. The summed E-state index contributed by atoms with van der Waals surface area (Å²) in [5.41, 5.74) is 22.0. The Balaban J connectivity index is 0.761. The van der Waals surface area contributed by atoms with Crippen LogP contribution in [0, 0.1) is 0 Å². The van der Waals surface area contributed by atoms with E-state index in [0.717, 1.165) is 73.9 Å². The Morgan fingerprint density at radius 2 is 0.660 bits per heavy atom. The molecule has 1 aliphatic rings. The van der Waals surface area contributed by atoms with Crippen molar-refractivity contribution in [3.63, 3.8) is 0 Å². The second kappa shape index (κ2) is 24.6. The molecule has 0 fully saturated rings. The number of anilines is 6. The van der Waals surface area contributed by atoms with Crippen molar-refractivity contribution in [1.29, 1.82) is 0 Å². The molecule has 1 unspecified atom stereocenters. The smallest absolute Gasteiger partial charge is 0.0476 e. The van der Waals surface area contributed by atoms with Crippen molar-refractivity contribution in [1.82, 2.24) is 9.97 Å². The SMILES string of the molecule is C1=CCC(c2c(-c3ccccc3)sc3cc(N(c4ccc(-c5cccnc5)cc4)c4ccc(-c5c6ccccc6c(-c6ccc(N(c7ccc(-c8cccnc8)cc7)c7ccc8c(-c9ccccc9)c(-c9ccccc9)sc8c7)cc6)c6ccccc56)cc4)ccc23)C=C1. The fourth-order valence-electron chi connectivity index (χ4n) is 14.0. The van der Waals surface area contributed by atoms with E-state index in [4.69, 9.17) is 0 Å². The highest BCUT2D eigenvalue weighted by Crippen LogP contribution is 2.51. The number of benzene rings is 12. The van der Waals surface area contributed by atoms with E-state index in [1.165, 1.54) is 90.4 Å². The Labute approximate surface area is 555 Å². The lowest BCUT2D eigenvalue weighted by Gasteiger charge is -2.26. The fraction of sp³-hybridized carbons (Fsp3) is 0.0227. The van der Waals surface area contributed by atoms with Gasteiger partial charge in [0.2, 0.25) is 0 Å². The molecule has 0 saturated heterocycles. The molecule has 4 aromatic heterocycles. The van der Waals surface area contributed by atoms with Gasteiger partial charge in [0.1, 0.15) is 0 Å². The molecule has 0 spiro atoms. The molecule has 444 valence electrons. The zero-order valence-corrected chi connectivity index (χ0v) is 52.9. The number of rotatable bonds is 14. The lowest BCUT2D eigenvalue weighted by atomic mass is 9.86. The Morgan fingerprint density at radius 3 is 1.10 bits per heavy atom. The van der Waals surface area contributed by atoms with Crippen LogP contribution in [-0.4, -0.2) is 9.97 Å². The van der Waals surface area contributed by atoms with Gasteiger partial charge in [-0.25, -0.2) is 0 Å². The lowest BCUT2D eigenvalue weighted by molar-refractivity contribution is 0.867. The Bertz CT molecular complexity index is 5420. The number of hydrogen-bond acceptors (Lipinski definition) is 6. The van der Waals surface area contributed by atoms with E-state index >= 15 is 0 Å². The standard InChI is InChI=1S/C88H60N4S2/c1-5-19-61(20-6-1)85-79-51-49-73(55-81(79)93-87(85)65-23-9-3-10-24-65)91(69-41-33-59(34-42-69)67-27-17-53-89-57-67)71-45-37-63(38-46-71)83-75-29-13-15-31-77(75)84(78-32-16-14-30-76(78)83)64-39-47-72(48-40-64)92(70-43-35-60(36-44-70)68-28-18-54-90-58-68)74-50-52-80-82(56-74)94-88(66-25-11-4-12-26-66)86(80)62-21-7-2-8-22-62/h1-21,23-58,62H,22H2. The number of pyridine rings is 2. The van der Waals surface area contributed by atoms with Gasteiger partial charge < -0.3 is 9.80 Å². The van der Waals surface area contributed by atoms with Gasteiger partial charge >= 0.3 is 0 Å². The molecule has 16 aromatic rings. The van der Waals surface area contributed by atoms with E-state index in [2.05, 4.69) is 329 Å². The van der Waals surface area contributed by atoms with Gasteiger partial charge in [0.25, 0.3) is 0 Å². The molecule has 1 atom stereocenters. The zero-order chi connectivity index (χ0) is 62.3. The van der Waals surface area contributed by atoms with Gasteiger partial charge in [0, 0.05) is 94.9 Å². The van der Waals surface area contributed by atoms with Crippen LogP contribution in [0.4, 0.5) is 34.1 Å². The Hall–Kier alpha value is -11.5. The molecular weight excluding hydrogens is 1180 g/mol. The Morgan fingerprint density at radius 1 is 0.287 bits per heavy atom. The number of nitrogens with zero attached hydrogens (tertiary/aromatic N) is 4. The minimum Gasteiger partial charge on any atom is -0.310 e. The molecule has 0 N–H and O–H groups in total. The van der Waals surface area contributed by atoms with E-state index < -0.39 is 0 Å². The van der Waals surface area contributed by atoms with Crippen molar-refractivity contribution in [2.45, 2.75) is 12.3 Å². The maximum Gasteiger partial charge on any atom is 0.0476 e. The normalized spacial score (nSPS) is 12.9. The van der Waals surface area contributed by atoms with Gasteiger partial charge in [-0.3, -0.25) is 9.97 Å². The first-order chi connectivity index (χ1) is 46.6. The van der Waals surface area contributed by atoms with Crippen molar-refractivity contribution in [2.24, 2.45) is 0 Å². The molecule has 0 saturated carbocycles. The highest BCUT2D eigenvalue weighted by molar-refractivity contribution is 7.23. The van der Waals surface area contributed by atoms with Gasteiger partial charge in [0.05, 0.1) is 0 Å². The molecule has 0 amide bonds. The molecule has 4 nitrogen and oxygen atoms in total. The van der Waals surface area contributed by atoms with Gasteiger partial charge in [0.15, 0.2) is 0 Å². The first kappa shape index (κ1) is 56.4. The van der Waals surface area contributed by atoms with Crippen molar-refractivity contribution < 1.29 is 0 Å². The minimum atomic E-state index is 0.304. The Kier molecular flexibility index (Phi) is 14.8. The molecule has 94 heavy (non-hydrogen) atoms. The maximum atomic E-state index is 4.44. The average molecular weight is 1240 g/mol. The van der Waals surface area contributed by atoms with Crippen LogP contribution < -0.4 is 9.80 Å². The second-order valence-corrected chi connectivity index (χ2v) is 26.1. The predicted molar refractivity (Wildman–Crippen MR) is 401 cm³/mol. The summed E-state index contributed by atoms with van der Waals surface area (Å²) in [7, 11) is 0. The third-order valence-electron chi connectivity index (χ3n) is 18.4. The van der Waals surface area contributed by atoms with Crippen LogP contribution in [0.3, 0.4) is 0 Å². The van der Waals surface area contributed by atoms with E-state index in [1.807, 2.05) is 59.6 Å². The summed E-state index contributed by atoms with van der Waals surface area (Å²) in [5, 5.41) is 7.38. The highest BCUT2D eigenvalue weighted by atomic mass is 32.1. The van der Waals surface area contributed by atoms with Crippen LogP contribution in [0.25, 0.3) is 118 Å². The van der Waals surface area contributed by atoms with Crippen LogP contribution in [0.1, 0.15) is 17.9 Å². The summed E-state index contributed by atoms with van der Waals surface area (Å²) in [6, 6.07) is 109. The summed E-state index contributed by atoms with van der Waals surface area (Å²) < 4.78 is 2.50. The van der Waals surface area contributed by atoms with Gasteiger partial charge in [-0.05, 0) is 185 Å². The topological polar surface area (TPSA) is 32.3 Å². The van der Waals surface area contributed by atoms with E-state index in [0.29, 0.717) is 5.92 Å². The summed E-state index contributed by atoms with van der Waals surface area (Å²) in [4.78, 5) is 16.3. The van der Waals surface area contributed by atoms with Crippen molar-refractivity contribution in [3.05, 3.63) is 352 Å². The monoisotopic (exact) mass is 1240 g/mol. The molecule has 12 aromatic carbocycles. The molecule has 0 aliphatic heterocycles. The van der Waals surface area contributed by atoms with Crippen LogP contribution in [0.2, 0.25) is 0 Å². The predicted octanol–water partition coefficient (Wildman–Crippen LogP) is 25.4. The molecule has 0 radical (unpaired) electrons. The maximum absolute atomic E-state index is 4.44. The molecule has 6 heteroatoms. The lowest BCUT2D eigenvalue weighted by Crippen LogP contribution is -2.10. The first-order valence-electron chi connectivity index (χ1n) is 32.0. The molecule has 0 bridgehead atoms. The quantitative estimate of drug-likeness (QED) is 0.102. The van der Waals surface area contributed by atoms with Crippen molar-refractivity contribution in [3.8, 4) is 76.5 Å². The number of hydrogen-bond donors (Lipinski definition) is 0. The summed E-state index contributed by atoms with van der Waals surface area (Å²) in [6.07, 6.45) is 17.5. The molecule has 4 heterocycles. The van der Waals surface area contributed by atoms with Gasteiger partial charge in [-0.2, -0.15) is 0 Å². The number of thiophene rings is 2. The molecular formula is C88H60N4S2. The second-order valence-electron chi connectivity index (χ2n) is 23.9. The highest BCUT2D eigenvalue weighted by Gasteiger charge is 2.25. The van der Waals surface area contributed by atoms with E-state index in [-0.39, 0.29) is 0 Å². The first-order valence-corrected chi connectivity index (χ1v) is 33.6. The van der Waals surface area contributed by atoms with Crippen molar-refractivity contribution in [2.75, 3.05) is 9.80 Å². The van der Waals surface area contributed by atoms with Crippen molar-refractivity contribution >= 4 is 98.5 Å². The zero-order valence-electron chi connectivity index (χ0n) is 51.3. The summed E-state index contributed by atoms with van der Waals surface area (Å²) in [6.45, 7) is 0. The number of aromatic nitrogens is 2. The van der Waals surface area contributed by atoms with Gasteiger partial charge in [-0.15, -0.1) is 22.7 Å². The van der Waals surface area contributed by atoms with Crippen LogP contribution >= 0.6 is 22.7 Å². The average Bonchev–Trinajstić information content (AvgIpc) is 1.15. The number of allylic oxidation sites excluding steroid dienone is 4. The van der Waals surface area contributed by atoms with Crippen LogP contribution in [0.15, 0.2) is 346 Å². The third kappa shape index (κ3) is 10.5. The van der Waals surface area contributed by atoms with E-state index in [9.17, 15) is 0 Å².